The van der Waals surface area contributed by atoms with E-state index in [2.05, 4.69) is 155 Å². The molecule has 0 bridgehead atoms. The van der Waals surface area contributed by atoms with Gasteiger partial charge in [0.2, 0.25) is 0 Å². The van der Waals surface area contributed by atoms with Crippen molar-refractivity contribution in [1.82, 2.24) is 29.9 Å². The lowest BCUT2D eigenvalue weighted by molar-refractivity contribution is 1.07. The molecule has 0 aliphatic heterocycles. The van der Waals surface area contributed by atoms with Crippen LogP contribution in [0.5, 0.6) is 0 Å². The lowest BCUT2D eigenvalue weighted by Gasteiger charge is -2.25. The quantitative estimate of drug-likeness (QED) is 0.120. The van der Waals surface area contributed by atoms with Gasteiger partial charge in [0.15, 0.2) is 34.9 Å². The van der Waals surface area contributed by atoms with E-state index in [1.54, 1.807) is 0 Å². The molecule has 322 valence electrons. The van der Waals surface area contributed by atoms with Gasteiger partial charge in [0.05, 0.1) is 0 Å². The van der Waals surface area contributed by atoms with E-state index < -0.39 is 0 Å². The molecule has 8 heteroatoms. The Labute approximate surface area is 395 Å². The summed E-state index contributed by atoms with van der Waals surface area (Å²) in [6, 6.07) is 86.4. The van der Waals surface area contributed by atoms with Crippen molar-refractivity contribution < 1.29 is 0 Å². The first kappa shape index (κ1) is 41.3. The van der Waals surface area contributed by atoms with E-state index in [1.165, 1.54) is 0 Å². The maximum Gasteiger partial charge on any atom is 0.164 e. The largest absolute Gasteiger partial charge is 0.311 e. The summed E-state index contributed by atoms with van der Waals surface area (Å²) >= 11 is 0. The van der Waals surface area contributed by atoms with Gasteiger partial charge in [-0.3, -0.25) is 0 Å². The van der Waals surface area contributed by atoms with Gasteiger partial charge in [0, 0.05) is 67.5 Å². The Hall–Kier alpha value is -9.40. The van der Waals surface area contributed by atoms with Gasteiger partial charge < -0.3 is 9.80 Å². The summed E-state index contributed by atoms with van der Waals surface area (Å²) in [4.78, 5) is 34.7. The summed E-state index contributed by atoms with van der Waals surface area (Å²) in [5, 5.41) is 0. The first-order valence-corrected chi connectivity index (χ1v) is 22.5. The van der Waals surface area contributed by atoms with Crippen molar-refractivity contribution in [3.05, 3.63) is 255 Å². The molecule has 2 heterocycles. The summed E-state index contributed by atoms with van der Waals surface area (Å²) in [6.45, 7) is 0. The van der Waals surface area contributed by atoms with Gasteiger partial charge in [-0.15, -0.1) is 0 Å². The molecule has 11 rings (SSSR count). The summed E-state index contributed by atoms with van der Waals surface area (Å²) in [5.41, 5.74) is 11.5. The number of anilines is 6. The Balaban J connectivity index is 0.989. The summed E-state index contributed by atoms with van der Waals surface area (Å²) in [6.07, 6.45) is 0. The molecule has 0 aliphatic carbocycles. The van der Waals surface area contributed by atoms with Crippen molar-refractivity contribution in [2.45, 2.75) is 0 Å². The van der Waals surface area contributed by atoms with Gasteiger partial charge in [0.25, 0.3) is 0 Å². The average molecular weight is 875 g/mol. The minimum atomic E-state index is 0.542. The van der Waals surface area contributed by atoms with Crippen LogP contribution in [0.2, 0.25) is 0 Å². The number of rotatable bonds is 12. The second-order valence-electron chi connectivity index (χ2n) is 16.0. The van der Waals surface area contributed by atoms with Crippen molar-refractivity contribution in [3.63, 3.8) is 0 Å². The molecule has 0 fully saturated rings. The maximum atomic E-state index is 5.15. The molecule has 68 heavy (non-hydrogen) atoms. The third kappa shape index (κ3) is 8.85. The third-order valence-corrected chi connectivity index (χ3v) is 11.6. The zero-order valence-electron chi connectivity index (χ0n) is 36.8. The highest BCUT2D eigenvalue weighted by molar-refractivity contribution is 5.80. The van der Waals surface area contributed by atoms with Crippen molar-refractivity contribution in [3.8, 4) is 68.3 Å². The van der Waals surface area contributed by atoms with E-state index in [9.17, 15) is 0 Å². The van der Waals surface area contributed by atoms with Crippen molar-refractivity contribution in [2.24, 2.45) is 0 Å². The number of para-hydroxylation sites is 4. The Morgan fingerprint density at radius 3 is 0.544 bits per heavy atom. The van der Waals surface area contributed by atoms with Crippen LogP contribution in [0.15, 0.2) is 255 Å². The second-order valence-corrected chi connectivity index (χ2v) is 16.0. The van der Waals surface area contributed by atoms with Crippen LogP contribution in [-0.2, 0) is 0 Å². The van der Waals surface area contributed by atoms with Crippen molar-refractivity contribution >= 4 is 34.1 Å². The highest BCUT2D eigenvalue weighted by Crippen LogP contribution is 2.38. The molecule has 9 aromatic carbocycles. The molecule has 0 radical (unpaired) electrons. The van der Waals surface area contributed by atoms with Gasteiger partial charge in [0.1, 0.15) is 0 Å². The van der Waals surface area contributed by atoms with Gasteiger partial charge in [-0.1, -0.05) is 158 Å². The fraction of sp³-hybridized carbons (Fsp3) is 0. The third-order valence-electron chi connectivity index (χ3n) is 11.6. The number of hydrogen-bond acceptors (Lipinski definition) is 8. The zero-order chi connectivity index (χ0) is 45.5. The van der Waals surface area contributed by atoms with Crippen LogP contribution in [0.25, 0.3) is 68.3 Å². The highest BCUT2D eigenvalue weighted by Gasteiger charge is 2.18. The molecule has 0 aliphatic rings. The average Bonchev–Trinajstić information content (AvgIpc) is 3.43. The first-order valence-electron chi connectivity index (χ1n) is 22.5. The summed E-state index contributed by atoms with van der Waals surface area (Å²) in [5.74, 6) is 3.44. The molecule has 11 aromatic rings. The molecule has 0 saturated carbocycles. The van der Waals surface area contributed by atoms with Crippen LogP contribution in [0, 0.1) is 0 Å². The Morgan fingerprint density at radius 1 is 0.162 bits per heavy atom. The predicted molar refractivity (Wildman–Crippen MR) is 275 cm³/mol. The fourth-order valence-corrected chi connectivity index (χ4v) is 8.19. The molecule has 2 aromatic heterocycles. The highest BCUT2D eigenvalue weighted by atomic mass is 15.1. The lowest BCUT2D eigenvalue weighted by atomic mass is 10.1. The molecule has 0 atom stereocenters. The number of aromatic nitrogens is 6. The minimum absolute atomic E-state index is 0.542. The maximum absolute atomic E-state index is 5.15. The van der Waals surface area contributed by atoms with Gasteiger partial charge in [-0.2, -0.15) is 0 Å². The molecule has 0 spiro atoms. The van der Waals surface area contributed by atoms with E-state index >= 15 is 0 Å². The smallest absolute Gasteiger partial charge is 0.164 e. The van der Waals surface area contributed by atoms with Crippen LogP contribution in [0.1, 0.15) is 0 Å². The predicted octanol–water partition coefficient (Wildman–Crippen LogP) is 15.0. The minimum Gasteiger partial charge on any atom is -0.311 e. The molecule has 0 saturated heterocycles. The van der Waals surface area contributed by atoms with Gasteiger partial charge in [-0.05, 0) is 97.1 Å². The molecular formula is C60H42N8. The Kier molecular flexibility index (Phi) is 11.5. The summed E-state index contributed by atoms with van der Waals surface area (Å²) in [7, 11) is 0. The van der Waals surface area contributed by atoms with E-state index in [4.69, 9.17) is 29.9 Å². The Bertz CT molecular complexity index is 3120. The monoisotopic (exact) mass is 874 g/mol. The van der Waals surface area contributed by atoms with Crippen LogP contribution in [-0.4, -0.2) is 29.9 Å². The number of nitrogens with zero attached hydrogens (tertiary/aromatic N) is 8. The fourth-order valence-electron chi connectivity index (χ4n) is 8.19. The van der Waals surface area contributed by atoms with Crippen molar-refractivity contribution in [1.29, 1.82) is 0 Å². The molecule has 0 unspecified atom stereocenters. The van der Waals surface area contributed by atoms with E-state index in [-0.39, 0.29) is 0 Å². The van der Waals surface area contributed by atoms with E-state index in [0.717, 1.165) is 67.5 Å². The normalized spacial score (nSPS) is 10.9. The molecular weight excluding hydrogens is 833 g/mol. The first-order chi connectivity index (χ1) is 33.7. The molecule has 0 N–H and O–H groups in total. The van der Waals surface area contributed by atoms with E-state index in [1.807, 2.05) is 109 Å². The van der Waals surface area contributed by atoms with Crippen LogP contribution in [0.4, 0.5) is 34.1 Å². The SMILES string of the molecule is c1ccc(-c2nc(-c3ccccc3)nc(-c3ccc(-c4nc(-c5ccc(N(c6ccccc6)c6ccccc6)cc5)nc(-c5ccc(N(c6ccccc6)c6ccccc6)cc5)n4)cc3)n2)cc1. The number of benzene rings is 9. The second kappa shape index (κ2) is 19.0. The number of hydrogen-bond donors (Lipinski definition) is 0. The molecule has 0 amide bonds. The zero-order valence-corrected chi connectivity index (χ0v) is 36.8. The van der Waals surface area contributed by atoms with E-state index in [0.29, 0.717) is 34.9 Å². The molecule has 8 nitrogen and oxygen atoms in total. The van der Waals surface area contributed by atoms with Crippen LogP contribution < -0.4 is 9.80 Å². The van der Waals surface area contributed by atoms with Gasteiger partial charge in [-0.25, -0.2) is 29.9 Å². The lowest BCUT2D eigenvalue weighted by Crippen LogP contribution is -2.09. The van der Waals surface area contributed by atoms with Crippen molar-refractivity contribution in [2.75, 3.05) is 9.80 Å². The van der Waals surface area contributed by atoms with Crippen LogP contribution >= 0.6 is 0 Å². The summed E-state index contributed by atoms with van der Waals surface area (Å²) < 4.78 is 0. The van der Waals surface area contributed by atoms with Crippen LogP contribution in [0.3, 0.4) is 0 Å². The Morgan fingerprint density at radius 2 is 0.324 bits per heavy atom. The topological polar surface area (TPSA) is 83.8 Å². The van der Waals surface area contributed by atoms with Gasteiger partial charge >= 0.3 is 0 Å². The standard InChI is InChI=1S/C60H42N8/c1-7-19-43(20-8-1)55-61-56(44-21-9-2-10-22-44)63-57(62-55)45-31-33-46(34-32-45)58-64-59(47-35-39-53(40-36-47)67(49-23-11-3-12-24-49)50-25-13-4-14-26-50)66-60(65-58)48-37-41-54(42-38-48)68(51-27-15-5-16-28-51)52-29-17-6-18-30-52/h1-42H.